The van der Waals surface area contributed by atoms with Gasteiger partial charge in [-0.25, -0.2) is 13.2 Å². The Labute approximate surface area is 63.4 Å². The summed E-state index contributed by atoms with van der Waals surface area (Å²) in [5.41, 5.74) is -4.71. The molecular weight excluding hydrogens is 190 g/mol. The highest BCUT2D eigenvalue weighted by molar-refractivity contribution is 5.52. The number of hydrogen-bond donors (Lipinski definition) is 0. The summed E-state index contributed by atoms with van der Waals surface area (Å²) < 4.78 is 69.9. The maximum absolute atomic E-state index is 12.3. The smallest absolute Gasteiger partial charge is 0.303 e. The van der Waals surface area contributed by atoms with E-state index in [2.05, 4.69) is 0 Å². The van der Waals surface area contributed by atoms with Gasteiger partial charge in [-0.2, -0.15) is 13.2 Å². The van der Waals surface area contributed by atoms with E-state index in [-0.39, 0.29) is 0 Å². The van der Waals surface area contributed by atoms with Gasteiger partial charge in [0, 0.05) is 0 Å². The second-order valence-electron chi connectivity index (χ2n) is 2.03. The molecule has 1 unspecified atom stereocenters. The molecule has 0 bridgehead atoms. The molecule has 0 amide bonds. The zero-order chi connectivity index (χ0) is 9.99. The van der Waals surface area contributed by atoms with Gasteiger partial charge < -0.3 is 4.79 Å². The van der Waals surface area contributed by atoms with E-state index in [1.54, 1.807) is 0 Å². The Kier molecular flexibility index (Phi) is 3.11. The minimum atomic E-state index is -5.72. The number of alkyl halides is 6. The van der Waals surface area contributed by atoms with E-state index in [1.807, 2.05) is 0 Å². The summed E-state index contributed by atoms with van der Waals surface area (Å²) in [6.07, 6.45) is -12.4. The molecule has 72 valence electrons. The molecule has 0 aromatic rings. The van der Waals surface area contributed by atoms with Crippen LogP contribution in [0.1, 0.15) is 6.42 Å². The van der Waals surface area contributed by atoms with Crippen molar-refractivity contribution in [2.75, 3.05) is 0 Å². The van der Waals surface area contributed by atoms with Crippen molar-refractivity contribution < 1.29 is 31.1 Å². The van der Waals surface area contributed by atoms with Crippen molar-refractivity contribution in [2.24, 2.45) is 0 Å². The molecule has 0 aromatic carbocycles. The van der Waals surface area contributed by atoms with E-state index in [1.165, 1.54) is 0 Å². The standard InChI is InChI=1S/C5H4F6O/c6-3(7)4(8,1-2-12)5(9,10)11/h2-3H,1H2. The Morgan fingerprint density at radius 3 is 1.67 bits per heavy atom. The van der Waals surface area contributed by atoms with Crippen molar-refractivity contribution in [1.82, 2.24) is 0 Å². The Bertz CT molecular complexity index is 164. The van der Waals surface area contributed by atoms with Gasteiger partial charge in [-0.15, -0.1) is 0 Å². The van der Waals surface area contributed by atoms with Gasteiger partial charge >= 0.3 is 6.18 Å². The fourth-order valence-electron chi connectivity index (χ4n) is 0.450. The van der Waals surface area contributed by atoms with Gasteiger partial charge in [0.2, 0.25) is 0 Å². The molecule has 0 aliphatic rings. The van der Waals surface area contributed by atoms with Gasteiger partial charge in [0.1, 0.15) is 6.29 Å². The van der Waals surface area contributed by atoms with Gasteiger partial charge in [0.25, 0.3) is 12.1 Å². The van der Waals surface area contributed by atoms with E-state index in [9.17, 15) is 31.1 Å². The molecule has 12 heavy (non-hydrogen) atoms. The monoisotopic (exact) mass is 194 g/mol. The van der Waals surface area contributed by atoms with Crippen LogP contribution in [0.3, 0.4) is 0 Å². The van der Waals surface area contributed by atoms with Gasteiger partial charge in [0.05, 0.1) is 6.42 Å². The molecule has 7 heteroatoms. The number of aldehydes is 1. The topological polar surface area (TPSA) is 17.1 Å². The average Bonchev–Trinajstić information content (AvgIpc) is 1.85. The highest BCUT2D eigenvalue weighted by atomic mass is 19.4. The molecule has 1 atom stereocenters. The van der Waals surface area contributed by atoms with E-state index in [0.717, 1.165) is 0 Å². The van der Waals surface area contributed by atoms with Crippen molar-refractivity contribution in [3.05, 3.63) is 0 Å². The van der Waals surface area contributed by atoms with E-state index in [4.69, 9.17) is 0 Å². The maximum Gasteiger partial charge on any atom is 0.428 e. The fourth-order valence-corrected chi connectivity index (χ4v) is 0.450. The van der Waals surface area contributed by atoms with Crippen LogP contribution in [0.2, 0.25) is 0 Å². The molecule has 0 N–H and O–H groups in total. The minimum absolute atomic E-state index is 0.528. The van der Waals surface area contributed by atoms with E-state index >= 15 is 0 Å². The first kappa shape index (κ1) is 11.2. The van der Waals surface area contributed by atoms with E-state index in [0.29, 0.717) is 0 Å². The van der Waals surface area contributed by atoms with Crippen LogP contribution in [0.5, 0.6) is 0 Å². The Morgan fingerprint density at radius 1 is 1.17 bits per heavy atom. The van der Waals surface area contributed by atoms with Gasteiger partial charge in [-0.1, -0.05) is 0 Å². The minimum Gasteiger partial charge on any atom is -0.303 e. The van der Waals surface area contributed by atoms with Crippen LogP contribution in [0.15, 0.2) is 0 Å². The lowest BCUT2D eigenvalue weighted by atomic mass is 10.0. The molecule has 0 spiro atoms. The second-order valence-corrected chi connectivity index (χ2v) is 2.03. The number of carbonyl (C=O) groups is 1. The van der Waals surface area contributed by atoms with Crippen LogP contribution >= 0.6 is 0 Å². The largest absolute Gasteiger partial charge is 0.428 e. The predicted molar refractivity (Wildman–Crippen MR) is 26.6 cm³/mol. The lowest BCUT2D eigenvalue weighted by Crippen LogP contribution is -2.47. The third-order valence-electron chi connectivity index (χ3n) is 1.20. The third kappa shape index (κ3) is 1.89. The summed E-state index contributed by atoms with van der Waals surface area (Å²) in [5, 5.41) is 0. The van der Waals surface area contributed by atoms with Gasteiger partial charge in [-0.3, -0.25) is 0 Å². The summed E-state index contributed by atoms with van der Waals surface area (Å²) in [4.78, 5) is 9.50. The molecule has 1 nitrogen and oxygen atoms in total. The molecule has 0 rings (SSSR count). The van der Waals surface area contributed by atoms with Crippen LogP contribution in [-0.2, 0) is 4.79 Å². The van der Waals surface area contributed by atoms with Crippen molar-refractivity contribution in [3.8, 4) is 0 Å². The van der Waals surface area contributed by atoms with Crippen LogP contribution in [0, 0.1) is 0 Å². The number of rotatable bonds is 3. The van der Waals surface area contributed by atoms with Gasteiger partial charge in [0.15, 0.2) is 0 Å². The molecule has 0 aliphatic carbocycles. The van der Waals surface area contributed by atoms with Crippen molar-refractivity contribution >= 4 is 6.29 Å². The molecular formula is C5H4F6O. The summed E-state index contributed by atoms with van der Waals surface area (Å²) in [7, 11) is 0. The third-order valence-corrected chi connectivity index (χ3v) is 1.20. The first-order valence-electron chi connectivity index (χ1n) is 2.73. The molecule has 0 saturated carbocycles. The molecule has 0 heterocycles. The molecule has 0 aromatic heterocycles. The number of carbonyl (C=O) groups excluding carboxylic acids is 1. The van der Waals surface area contributed by atoms with Crippen LogP contribution < -0.4 is 0 Å². The predicted octanol–water partition coefficient (Wildman–Crippen LogP) is 2.11. The first-order chi connectivity index (χ1) is 5.25. The average molecular weight is 194 g/mol. The summed E-state index contributed by atoms with van der Waals surface area (Å²) >= 11 is 0. The maximum atomic E-state index is 12.3. The van der Waals surface area contributed by atoms with Crippen molar-refractivity contribution in [1.29, 1.82) is 0 Å². The second kappa shape index (κ2) is 3.32. The van der Waals surface area contributed by atoms with Crippen LogP contribution in [0.25, 0.3) is 0 Å². The quantitative estimate of drug-likeness (QED) is 0.496. The molecule has 0 saturated heterocycles. The van der Waals surface area contributed by atoms with E-state index < -0.39 is 31.0 Å². The lowest BCUT2D eigenvalue weighted by Gasteiger charge is -2.24. The lowest BCUT2D eigenvalue weighted by molar-refractivity contribution is -0.267. The summed E-state index contributed by atoms with van der Waals surface area (Å²) in [6.45, 7) is 0. The van der Waals surface area contributed by atoms with Crippen LogP contribution in [-0.4, -0.2) is 24.6 Å². The summed E-state index contributed by atoms with van der Waals surface area (Å²) in [5.74, 6) is 0. The van der Waals surface area contributed by atoms with Crippen LogP contribution in [0.4, 0.5) is 26.3 Å². The Hall–Kier alpha value is -0.750. The number of hydrogen-bond acceptors (Lipinski definition) is 1. The SMILES string of the molecule is O=CCC(F)(C(F)F)C(F)(F)F. The molecule has 0 fully saturated rings. The zero-order valence-electron chi connectivity index (χ0n) is 5.54. The van der Waals surface area contributed by atoms with Crippen molar-refractivity contribution in [2.45, 2.75) is 24.7 Å². The Balaban J connectivity index is 4.73. The molecule has 0 radical (unpaired) electrons. The first-order valence-corrected chi connectivity index (χ1v) is 2.73. The highest BCUT2D eigenvalue weighted by Crippen LogP contribution is 2.40. The zero-order valence-corrected chi connectivity index (χ0v) is 5.54. The van der Waals surface area contributed by atoms with Gasteiger partial charge in [-0.05, 0) is 0 Å². The van der Waals surface area contributed by atoms with Crippen molar-refractivity contribution in [3.63, 3.8) is 0 Å². The summed E-state index contributed by atoms with van der Waals surface area (Å²) in [6, 6.07) is 0. The highest BCUT2D eigenvalue weighted by Gasteiger charge is 2.62. The number of halogens is 6. The fraction of sp³-hybridized carbons (Fsp3) is 0.800. The normalized spacial score (nSPS) is 17.6. The molecule has 0 aliphatic heterocycles. The Morgan fingerprint density at radius 2 is 1.58 bits per heavy atom.